The minimum atomic E-state index is 0.832. The van der Waals surface area contributed by atoms with Crippen LogP contribution in [-0.2, 0) is 0 Å². The van der Waals surface area contributed by atoms with Gasteiger partial charge >= 0.3 is 0 Å². The minimum Gasteiger partial charge on any atom is -0.301 e. The van der Waals surface area contributed by atoms with Crippen molar-refractivity contribution in [3.05, 3.63) is 0 Å². The molecule has 0 aromatic carbocycles. The first-order valence-electron chi connectivity index (χ1n) is 6.43. The molecule has 1 heterocycles. The Morgan fingerprint density at radius 1 is 1.40 bits per heavy atom. The van der Waals surface area contributed by atoms with Crippen LogP contribution in [0.3, 0.4) is 0 Å². The molecule has 0 spiro atoms. The molecule has 1 aliphatic rings. The second-order valence-corrected chi connectivity index (χ2v) is 4.99. The molecule has 0 fully saturated rings. The molecular weight excluding hydrogens is 184 g/mol. The fourth-order valence-corrected chi connectivity index (χ4v) is 2.30. The molecule has 2 heteroatoms. The third-order valence-electron chi connectivity index (χ3n) is 3.08. The summed E-state index contributed by atoms with van der Waals surface area (Å²) in [5, 5.41) is 0. The van der Waals surface area contributed by atoms with E-state index in [9.17, 15) is 0 Å². The Morgan fingerprint density at radius 2 is 2.20 bits per heavy atom. The van der Waals surface area contributed by atoms with Gasteiger partial charge in [-0.15, -0.1) is 0 Å². The lowest BCUT2D eigenvalue weighted by molar-refractivity contribution is 0.374. The molecule has 0 aliphatic carbocycles. The highest BCUT2D eigenvalue weighted by molar-refractivity contribution is 5.86. The summed E-state index contributed by atoms with van der Waals surface area (Å²) in [6.07, 6.45) is 6.48. The fraction of sp³-hybridized carbons (Fsp3) is 0.923. The number of hydrogen-bond acceptors (Lipinski definition) is 2. The molecule has 0 aromatic rings. The van der Waals surface area contributed by atoms with Crippen molar-refractivity contribution < 1.29 is 0 Å². The molecule has 1 atom stereocenters. The Morgan fingerprint density at radius 3 is 2.93 bits per heavy atom. The van der Waals surface area contributed by atoms with Crippen LogP contribution >= 0.6 is 0 Å². The standard InChI is InChI=1S/C13H26N2/c1-4-9-15(3)11-13-10-12(2)7-5-6-8-14-13/h12H,4-11H2,1-3H3. The lowest BCUT2D eigenvalue weighted by Gasteiger charge is -2.21. The first-order chi connectivity index (χ1) is 7.22. The van der Waals surface area contributed by atoms with Gasteiger partial charge in [0.05, 0.1) is 0 Å². The van der Waals surface area contributed by atoms with E-state index >= 15 is 0 Å². The minimum absolute atomic E-state index is 0.832. The smallest absolute Gasteiger partial charge is 0.0389 e. The van der Waals surface area contributed by atoms with Gasteiger partial charge in [-0.1, -0.05) is 26.7 Å². The zero-order valence-electron chi connectivity index (χ0n) is 10.6. The number of rotatable bonds is 4. The van der Waals surface area contributed by atoms with E-state index in [1.165, 1.54) is 44.4 Å². The Labute approximate surface area is 94.8 Å². The van der Waals surface area contributed by atoms with E-state index < -0.39 is 0 Å². The normalized spacial score (nSPS) is 23.5. The van der Waals surface area contributed by atoms with Crippen LogP contribution in [0.25, 0.3) is 0 Å². The van der Waals surface area contributed by atoms with Crippen LogP contribution < -0.4 is 0 Å². The van der Waals surface area contributed by atoms with Crippen molar-refractivity contribution in [3.63, 3.8) is 0 Å². The van der Waals surface area contributed by atoms with E-state index in [1.807, 2.05) is 0 Å². The van der Waals surface area contributed by atoms with Crippen LogP contribution in [0, 0.1) is 5.92 Å². The van der Waals surface area contributed by atoms with Crippen molar-refractivity contribution >= 4 is 5.71 Å². The maximum atomic E-state index is 4.73. The number of aliphatic imine (C=N–C) groups is 1. The molecular formula is C13H26N2. The lowest BCUT2D eigenvalue weighted by Crippen LogP contribution is -2.28. The summed E-state index contributed by atoms with van der Waals surface area (Å²) >= 11 is 0. The summed E-state index contributed by atoms with van der Waals surface area (Å²) in [5.74, 6) is 0.832. The van der Waals surface area contributed by atoms with Crippen molar-refractivity contribution in [1.29, 1.82) is 0 Å². The van der Waals surface area contributed by atoms with E-state index in [4.69, 9.17) is 4.99 Å². The molecule has 0 saturated carbocycles. The molecule has 0 N–H and O–H groups in total. The second kappa shape index (κ2) is 7.00. The summed E-state index contributed by atoms with van der Waals surface area (Å²) in [4.78, 5) is 7.13. The average molecular weight is 210 g/mol. The third-order valence-corrected chi connectivity index (χ3v) is 3.08. The van der Waals surface area contributed by atoms with Gasteiger partial charge in [-0.3, -0.25) is 4.99 Å². The van der Waals surface area contributed by atoms with E-state index in [0.717, 1.165) is 19.0 Å². The molecule has 0 bridgehead atoms. The van der Waals surface area contributed by atoms with Crippen molar-refractivity contribution in [2.24, 2.45) is 10.9 Å². The van der Waals surface area contributed by atoms with Gasteiger partial charge in [0.2, 0.25) is 0 Å². The number of nitrogens with zero attached hydrogens (tertiary/aromatic N) is 2. The molecule has 15 heavy (non-hydrogen) atoms. The topological polar surface area (TPSA) is 15.6 Å². The van der Waals surface area contributed by atoms with E-state index in [0.29, 0.717) is 0 Å². The highest BCUT2D eigenvalue weighted by Crippen LogP contribution is 2.16. The Balaban J connectivity index is 2.42. The predicted molar refractivity (Wildman–Crippen MR) is 67.7 cm³/mol. The zero-order valence-corrected chi connectivity index (χ0v) is 10.6. The van der Waals surface area contributed by atoms with Crippen LogP contribution in [0.15, 0.2) is 4.99 Å². The van der Waals surface area contributed by atoms with Gasteiger partial charge in [0.1, 0.15) is 0 Å². The molecule has 0 amide bonds. The van der Waals surface area contributed by atoms with Gasteiger partial charge in [0.25, 0.3) is 0 Å². The molecule has 88 valence electrons. The quantitative estimate of drug-likeness (QED) is 0.696. The summed E-state index contributed by atoms with van der Waals surface area (Å²) in [6, 6.07) is 0. The Bertz CT molecular complexity index is 199. The van der Waals surface area contributed by atoms with Crippen LogP contribution in [0.1, 0.15) is 46.0 Å². The second-order valence-electron chi connectivity index (χ2n) is 4.99. The monoisotopic (exact) mass is 210 g/mol. The SMILES string of the molecule is CCCN(C)CC1=NCCCCC(C)C1. The molecule has 1 rings (SSSR count). The number of hydrogen-bond donors (Lipinski definition) is 0. The van der Waals surface area contributed by atoms with Crippen LogP contribution in [0.4, 0.5) is 0 Å². The molecule has 1 aliphatic heterocycles. The molecule has 2 nitrogen and oxygen atoms in total. The van der Waals surface area contributed by atoms with E-state index in [2.05, 4.69) is 25.8 Å². The van der Waals surface area contributed by atoms with Crippen molar-refractivity contribution in [2.75, 3.05) is 26.7 Å². The first-order valence-corrected chi connectivity index (χ1v) is 6.43. The van der Waals surface area contributed by atoms with E-state index in [-0.39, 0.29) is 0 Å². The van der Waals surface area contributed by atoms with Crippen LogP contribution in [-0.4, -0.2) is 37.3 Å². The van der Waals surface area contributed by atoms with Crippen molar-refractivity contribution in [3.8, 4) is 0 Å². The van der Waals surface area contributed by atoms with Crippen LogP contribution in [0.5, 0.6) is 0 Å². The van der Waals surface area contributed by atoms with Crippen molar-refractivity contribution in [2.45, 2.75) is 46.0 Å². The summed E-state index contributed by atoms with van der Waals surface area (Å²) < 4.78 is 0. The zero-order chi connectivity index (χ0) is 11.1. The molecule has 0 radical (unpaired) electrons. The predicted octanol–water partition coefficient (Wildman–Crippen LogP) is 2.98. The van der Waals surface area contributed by atoms with Gasteiger partial charge < -0.3 is 4.90 Å². The summed E-state index contributed by atoms with van der Waals surface area (Å²) in [6.45, 7) is 7.92. The van der Waals surface area contributed by atoms with E-state index in [1.54, 1.807) is 0 Å². The molecule has 0 aromatic heterocycles. The van der Waals surface area contributed by atoms with Gasteiger partial charge in [-0.05, 0) is 38.8 Å². The first kappa shape index (κ1) is 12.7. The Kier molecular flexibility index (Phi) is 5.92. The molecule has 0 saturated heterocycles. The van der Waals surface area contributed by atoms with Crippen molar-refractivity contribution in [1.82, 2.24) is 4.90 Å². The van der Waals surface area contributed by atoms with Gasteiger partial charge in [-0.25, -0.2) is 0 Å². The van der Waals surface area contributed by atoms with Gasteiger partial charge in [0, 0.05) is 18.8 Å². The largest absolute Gasteiger partial charge is 0.301 e. The third kappa shape index (κ3) is 5.31. The average Bonchev–Trinajstić information content (AvgIpc) is 2.13. The molecule has 1 unspecified atom stereocenters. The summed E-state index contributed by atoms with van der Waals surface area (Å²) in [5.41, 5.74) is 1.43. The van der Waals surface area contributed by atoms with Crippen LogP contribution in [0.2, 0.25) is 0 Å². The Hall–Kier alpha value is -0.370. The fourth-order valence-electron chi connectivity index (χ4n) is 2.30. The van der Waals surface area contributed by atoms with Gasteiger partial charge in [-0.2, -0.15) is 0 Å². The maximum absolute atomic E-state index is 4.73. The highest BCUT2D eigenvalue weighted by atomic mass is 15.1. The lowest BCUT2D eigenvalue weighted by atomic mass is 9.96. The highest BCUT2D eigenvalue weighted by Gasteiger charge is 2.11. The summed E-state index contributed by atoms with van der Waals surface area (Å²) in [7, 11) is 2.20. The maximum Gasteiger partial charge on any atom is 0.0389 e. The van der Waals surface area contributed by atoms with Gasteiger partial charge in [0.15, 0.2) is 0 Å².